The Hall–Kier alpha value is -3.03. The minimum Gasteiger partial charge on any atom is -0.382 e. The van der Waals surface area contributed by atoms with Gasteiger partial charge in [0.05, 0.1) is 6.54 Å². The van der Waals surface area contributed by atoms with Gasteiger partial charge in [-0.25, -0.2) is 9.48 Å². The Morgan fingerprint density at radius 2 is 1.75 bits per heavy atom. The number of likely N-dealkylation sites (tertiary alicyclic amines) is 1. The molecule has 0 unspecified atom stereocenters. The van der Waals surface area contributed by atoms with Gasteiger partial charge < -0.3 is 21.3 Å². The van der Waals surface area contributed by atoms with E-state index in [-0.39, 0.29) is 6.03 Å². The lowest BCUT2D eigenvalue weighted by molar-refractivity contribution is 0.224. The van der Waals surface area contributed by atoms with E-state index in [1.165, 1.54) is 19.3 Å². The number of amides is 2. The summed E-state index contributed by atoms with van der Waals surface area (Å²) in [5.74, 6) is 0.407. The van der Waals surface area contributed by atoms with Crippen LogP contribution >= 0.6 is 11.6 Å². The van der Waals surface area contributed by atoms with Crippen molar-refractivity contribution >= 4 is 29.1 Å². The fourth-order valence-corrected chi connectivity index (χ4v) is 4.08. The Labute approximate surface area is 193 Å². The van der Waals surface area contributed by atoms with E-state index in [4.69, 9.17) is 22.4 Å². The van der Waals surface area contributed by atoms with Crippen molar-refractivity contribution < 1.29 is 4.79 Å². The first-order valence-electron chi connectivity index (χ1n) is 11.0. The molecule has 4 N–H and O–H groups in total. The number of halogens is 1. The van der Waals surface area contributed by atoms with Gasteiger partial charge in [0.15, 0.2) is 0 Å². The number of carbonyl (C=O) groups is 1. The van der Waals surface area contributed by atoms with Crippen LogP contribution in [0.25, 0.3) is 11.3 Å². The molecular weight excluding hydrogens is 424 g/mol. The van der Waals surface area contributed by atoms with Crippen molar-refractivity contribution in [2.45, 2.75) is 25.8 Å². The highest BCUT2D eigenvalue weighted by molar-refractivity contribution is 6.30. The number of nitrogen functional groups attached to an aromatic ring is 1. The van der Waals surface area contributed by atoms with Gasteiger partial charge >= 0.3 is 6.03 Å². The molecule has 2 aromatic carbocycles. The molecule has 168 valence electrons. The first kappa shape index (κ1) is 22.2. The molecule has 1 aliphatic heterocycles. The molecule has 32 heavy (non-hydrogen) atoms. The van der Waals surface area contributed by atoms with Crippen molar-refractivity contribution in [2.75, 3.05) is 37.2 Å². The Bertz CT molecular complexity index is 1030. The smallest absolute Gasteiger partial charge is 0.319 e. The lowest BCUT2D eigenvalue weighted by Gasteiger charge is -2.26. The van der Waals surface area contributed by atoms with Crippen molar-refractivity contribution in [1.29, 1.82) is 0 Å². The largest absolute Gasteiger partial charge is 0.382 e. The highest BCUT2D eigenvalue weighted by Gasteiger charge is 2.20. The molecule has 0 saturated carbocycles. The minimum absolute atomic E-state index is 0.289. The van der Waals surface area contributed by atoms with Gasteiger partial charge in [-0.15, -0.1) is 0 Å². The molecule has 1 fully saturated rings. The highest BCUT2D eigenvalue weighted by Crippen LogP contribution is 2.33. The monoisotopic (exact) mass is 452 g/mol. The Morgan fingerprint density at radius 1 is 1.03 bits per heavy atom. The second-order valence-corrected chi connectivity index (χ2v) is 8.48. The molecule has 2 amide bonds. The second-order valence-electron chi connectivity index (χ2n) is 8.04. The van der Waals surface area contributed by atoms with Crippen LogP contribution in [0, 0.1) is 0 Å². The third-order valence-electron chi connectivity index (χ3n) is 5.69. The third kappa shape index (κ3) is 5.60. The average Bonchev–Trinajstić information content (AvgIpc) is 3.11. The quantitative estimate of drug-likeness (QED) is 0.494. The van der Waals surface area contributed by atoms with Crippen LogP contribution in [0.5, 0.6) is 0 Å². The predicted molar refractivity (Wildman–Crippen MR) is 130 cm³/mol. The molecular formula is C24H29ClN6O. The van der Waals surface area contributed by atoms with E-state index in [0.717, 1.165) is 30.8 Å². The molecule has 1 aliphatic rings. The molecule has 8 heteroatoms. The Morgan fingerprint density at radius 3 is 2.47 bits per heavy atom. The minimum atomic E-state index is -0.289. The first-order valence-corrected chi connectivity index (χ1v) is 11.4. The second kappa shape index (κ2) is 10.5. The van der Waals surface area contributed by atoms with Crippen molar-refractivity contribution in [3.8, 4) is 11.3 Å². The maximum absolute atomic E-state index is 12.7. The number of hydrogen-bond donors (Lipinski definition) is 3. The number of benzene rings is 2. The summed E-state index contributed by atoms with van der Waals surface area (Å²) in [5.41, 5.74) is 9.45. The van der Waals surface area contributed by atoms with Crippen LogP contribution in [0.2, 0.25) is 5.02 Å². The predicted octanol–water partition coefficient (Wildman–Crippen LogP) is 4.44. The number of rotatable bonds is 7. The standard InChI is InChI=1S/C24H29ClN6O/c25-20-11-9-19(10-12-20)21-22(23(26)31(29-21)17-18-7-3-1-4-8-18)28-24(32)27-13-16-30-14-5-2-6-15-30/h1,3-4,7-12H,2,5-6,13-17,26H2,(H2,27,28,32). The normalized spacial score (nSPS) is 14.3. The SMILES string of the molecule is Nc1c(NC(=O)NCCN2CCCCC2)c(-c2ccc(Cl)cc2)nn1Cc1ccccc1. The molecule has 0 atom stereocenters. The van der Waals surface area contributed by atoms with Crippen LogP contribution in [-0.4, -0.2) is 46.9 Å². The summed E-state index contributed by atoms with van der Waals surface area (Å²) < 4.78 is 1.71. The van der Waals surface area contributed by atoms with Crippen LogP contribution in [0.1, 0.15) is 24.8 Å². The van der Waals surface area contributed by atoms with Gasteiger partial charge in [0.2, 0.25) is 0 Å². The summed E-state index contributed by atoms with van der Waals surface area (Å²) >= 11 is 6.05. The maximum Gasteiger partial charge on any atom is 0.319 e. The summed E-state index contributed by atoms with van der Waals surface area (Å²) in [6.45, 7) is 4.14. The molecule has 0 bridgehead atoms. The number of anilines is 2. The zero-order valence-electron chi connectivity index (χ0n) is 18.1. The molecule has 7 nitrogen and oxygen atoms in total. The van der Waals surface area contributed by atoms with E-state index in [9.17, 15) is 4.79 Å². The van der Waals surface area contributed by atoms with Gasteiger partial charge in [-0.3, -0.25) is 0 Å². The lowest BCUT2D eigenvalue weighted by atomic mass is 10.1. The summed E-state index contributed by atoms with van der Waals surface area (Å²) in [4.78, 5) is 15.0. The zero-order chi connectivity index (χ0) is 22.3. The van der Waals surface area contributed by atoms with Crippen LogP contribution < -0.4 is 16.4 Å². The Kier molecular flexibility index (Phi) is 7.29. The number of hydrogen-bond acceptors (Lipinski definition) is 4. The fraction of sp³-hybridized carbons (Fsp3) is 0.333. The van der Waals surface area contributed by atoms with E-state index >= 15 is 0 Å². The third-order valence-corrected chi connectivity index (χ3v) is 5.94. The van der Waals surface area contributed by atoms with Gasteiger partial charge in [-0.05, 0) is 43.6 Å². The van der Waals surface area contributed by atoms with E-state index in [1.807, 2.05) is 42.5 Å². The Balaban J connectivity index is 1.50. The molecule has 0 radical (unpaired) electrons. The number of nitrogens with one attached hydrogen (secondary N) is 2. The summed E-state index contributed by atoms with van der Waals surface area (Å²) in [6, 6.07) is 17.0. The van der Waals surface area contributed by atoms with Gasteiger partial charge in [0, 0.05) is 23.7 Å². The number of aromatic nitrogens is 2. The number of piperidine rings is 1. The summed E-state index contributed by atoms with van der Waals surface area (Å²) in [5, 5.41) is 11.2. The highest BCUT2D eigenvalue weighted by atomic mass is 35.5. The topological polar surface area (TPSA) is 88.2 Å². The van der Waals surface area contributed by atoms with Crippen LogP contribution in [-0.2, 0) is 6.54 Å². The molecule has 4 rings (SSSR count). The van der Waals surface area contributed by atoms with Crippen molar-refractivity contribution in [2.24, 2.45) is 0 Å². The summed E-state index contributed by atoms with van der Waals surface area (Å²) in [7, 11) is 0. The fourth-order valence-electron chi connectivity index (χ4n) is 3.95. The van der Waals surface area contributed by atoms with Gasteiger partial charge in [-0.2, -0.15) is 5.10 Å². The number of nitrogens with two attached hydrogens (primary N) is 1. The van der Waals surface area contributed by atoms with Crippen LogP contribution in [0.4, 0.5) is 16.3 Å². The molecule has 3 aromatic rings. The first-order chi connectivity index (χ1) is 15.6. The number of carbonyl (C=O) groups excluding carboxylic acids is 1. The van der Waals surface area contributed by atoms with E-state index in [1.54, 1.807) is 16.8 Å². The molecule has 1 aromatic heterocycles. The number of nitrogens with zero attached hydrogens (tertiary/aromatic N) is 3. The lowest BCUT2D eigenvalue weighted by Crippen LogP contribution is -2.39. The molecule has 1 saturated heterocycles. The maximum atomic E-state index is 12.7. The van der Waals surface area contributed by atoms with Crippen molar-refractivity contribution in [3.05, 3.63) is 65.2 Å². The van der Waals surface area contributed by atoms with E-state index < -0.39 is 0 Å². The molecule has 0 aliphatic carbocycles. The van der Waals surface area contributed by atoms with Crippen LogP contribution in [0.3, 0.4) is 0 Å². The van der Waals surface area contributed by atoms with Gasteiger partial charge in [-0.1, -0.05) is 60.5 Å². The van der Waals surface area contributed by atoms with Gasteiger partial charge in [0.25, 0.3) is 0 Å². The van der Waals surface area contributed by atoms with Crippen molar-refractivity contribution in [1.82, 2.24) is 20.0 Å². The average molecular weight is 453 g/mol. The van der Waals surface area contributed by atoms with Crippen molar-refractivity contribution in [3.63, 3.8) is 0 Å². The van der Waals surface area contributed by atoms with Crippen LogP contribution in [0.15, 0.2) is 54.6 Å². The van der Waals surface area contributed by atoms with E-state index in [2.05, 4.69) is 15.5 Å². The number of urea groups is 1. The van der Waals surface area contributed by atoms with E-state index in [0.29, 0.717) is 35.3 Å². The molecule has 0 spiro atoms. The zero-order valence-corrected chi connectivity index (χ0v) is 18.8. The van der Waals surface area contributed by atoms with Gasteiger partial charge in [0.1, 0.15) is 17.2 Å². The summed E-state index contributed by atoms with van der Waals surface area (Å²) in [6.07, 6.45) is 3.76. The molecule has 2 heterocycles.